The van der Waals surface area contributed by atoms with Crippen LogP contribution in [0.25, 0.3) is 6.08 Å². The third kappa shape index (κ3) is 4.79. The summed E-state index contributed by atoms with van der Waals surface area (Å²) in [7, 11) is 0. The molecule has 0 bridgehead atoms. The number of aromatic nitrogens is 1. The van der Waals surface area contributed by atoms with Gasteiger partial charge in [0.25, 0.3) is 0 Å². The van der Waals surface area contributed by atoms with Crippen LogP contribution in [-0.2, 0) is 4.79 Å². The number of nitrogens with zero attached hydrogens (tertiary/aromatic N) is 1. The van der Waals surface area contributed by atoms with E-state index in [2.05, 4.69) is 64.1 Å². The van der Waals surface area contributed by atoms with E-state index >= 15 is 0 Å². The summed E-state index contributed by atoms with van der Waals surface area (Å²) in [6.45, 7) is 1.82. The Morgan fingerprint density at radius 2 is 1.62 bits per heavy atom. The van der Waals surface area contributed by atoms with Gasteiger partial charge in [0.15, 0.2) is 0 Å². The molecule has 1 saturated heterocycles. The first-order valence-corrected chi connectivity index (χ1v) is 10.0. The zero-order valence-electron chi connectivity index (χ0n) is 16.2. The number of amides is 1. The largest absolute Gasteiger partial charge is 0.348 e. The van der Waals surface area contributed by atoms with Gasteiger partial charge >= 0.3 is 0 Å². The Hall–Kier alpha value is -3.24. The molecule has 4 heteroatoms. The molecule has 1 atom stereocenters. The zero-order chi connectivity index (χ0) is 19.9. The van der Waals surface area contributed by atoms with Crippen molar-refractivity contribution >= 4 is 12.0 Å². The Morgan fingerprint density at radius 3 is 2.14 bits per heavy atom. The van der Waals surface area contributed by atoms with Gasteiger partial charge in [-0.3, -0.25) is 9.78 Å². The summed E-state index contributed by atoms with van der Waals surface area (Å²) in [6.07, 6.45) is 6.87. The Labute approximate surface area is 171 Å². The van der Waals surface area contributed by atoms with Crippen molar-refractivity contribution in [1.29, 1.82) is 0 Å². The van der Waals surface area contributed by atoms with Gasteiger partial charge in [0.2, 0.25) is 5.91 Å². The molecule has 2 heterocycles. The van der Waals surface area contributed by atoms with Crippen molar-refractivity contribution in [3.63, 3.8) is 0 Å². The average molecular weight is 383 g/mol. The van der Waals surface area contributed by atoms with Gasteiger partial charge in [-0.05, 0) is 28.8 Å². The van der Waals surface area contributed by atoms with Crippen LogP contribution in [0.5, 0.6) is 0 Å². The first-order chi connectivity index (χ1) is 14.3. The Kier molecular flexibility index (Phi) is 6.13. The Morgan fingerprint density at radius 1 is 0.966 bits per heavy atom. The molecule has 1 amide bonds. The van der Waals surface area contributed by atoms with Crippen LogP contribution in [0.2, 0.25) is 0 Å². The zero-order valence-corrected chi connectivity index (χ0v) is 16.2. The van der Waals surface area contributed by atoms with Crippen LogP contribution in [0.3, 0.4) is 0 Å². The average Bonchev–Trinajstić information content (AvgIpc) is 2.73. The maximum Gasteiger partial charge on any atom is 0.244 e. The van der Waals surface area contributed by atoms with Gasteiger partial charge < -0.3 is 10.6 Å². The fourth-order valence-corrected chi connectivity index (χ4v) is 3.83. The molecular weight excluding hydrogens is 358 g/mol. The van der Waals surface area contributed by atoms with Crippen LogP contribution in [0.4, 0.5) is 0 Å². The Bertz CT molecular complexity index is 898. The molecule has 0 spiro atoms. The molecule has 3 aromatic rings. The second kappa shape index (κ2) is 9.30. The fourth-order valence-electron chi connectivity index (χ4n) is 3.83. The molecule has 1 aliphatic heterocycles. The molecule has 0 saturated carbocycles. The third-order valence-corrected chi connectivity index (χ3v) is 5.42. The van der Waals surface area contributed by atoms with Gasteiger partial charge in [-0.1, -0.05) is 66.7 Å². The maximum atomic E-state index is 12.8. The van der Waals surface area contributed by atoms with Crippen LogP contribution in [0.15, 0.2) is 91.3 Å². The van der Waals surface area contributed by atoms with Gasteiger partial charge in [0.05, 0.1) is 0 Å². The Balaban J connectivity index is 1.61. The third-order valence-electron chi connectivity index (χ3n) is 5.42. The summed E-state index contributed by atoms with van der Waals surface area (Å²) in [5, 5.41) is 6.65. The molecule has 1 aliphatic rings. The van der Waals surface area contributed by atoms with Crippen LogP contribution >= 0.6 is 0 Å². The number of carbonyl (C=O) groups excluding carboxylic acids is 1. The maximum absolute atomic E-state index is 12.8. The van der Waals surface area contributed by atoms with Gasteiger partial charge in [-0.2, -0.15) is 0 Å². The molecule has 146 valence electrons. The molecule has 2 N–H and O–H groups in total. The first-order valence-electron chi connectivity index (χ1n) is 10.0. The molecule has 2 aromatic carbocycles. The molecule has 4 nitrogen and oxygen atoms in total. The predicted molar refractivity (Wildman–Crippen MR) is 116 cm³/mol. The van der Waals surface area contributed by atoms with E-state index in [1.165, 1.54) is 11.1 Å². The first kappa shape index (κ1) is 19.1. The van der Waals surface area contributed by atoms with E-state index in [1.54, 1.807) is 24.5 Å². The predicted octanol–water partition coefficient (Wildman–Crippen LogP) is 3.63. The van der Waals surface area contributed by atoms with E-state index in [4.69, 9.17) is 0 Å². The van der Waals surface area contributed by atoms with E-state index in [-0.39, 0.29) is 17.9 Å². The van der Waals surface area contributed by atoms with Crippen molar-refractivity contribution in [2.24, 2.45) is 5.92 Å². The second-order valence-electron chi connectivity index (χ2n) is 7.37. The molecule has 29 heavy (non-hydrogen) atoms. The quantitative estimate of drug-likeness (QED) is 0.613. The van der Waals surface area contributed by atoms with Crippen LogP contribution in [-0.4, -0.2) is 30.0 Å². The van der Waals surface area contributed by atoms with Crippen molar-refractivity contribution in [1.82, 2.24) is 15.6 Å². The summed E-state index contributed by atoms with van der Waals surface area (Å²) < 4.78 is 0. The van der Waals surface area contributed by atoms with Crippen molar-refractivity contribution in [3.05, 3.63) is 108 Å². The van der Waals surface area contributed by atoms with E-state index in [1.807, 2.05) is 24.3 Å². The van der Waals surface area contributed by atoms with Gasteiger partial charge in [0.1, 0.15) is 0 Å². The number of pyridine rings is 1. The lowest BCUT2D eigenvalue weighted by molar-refractivity contribution is -0.117. The van der Waals surface area contributed by atoms with E-state index < -0.39 is 0 Å². The SMILES string of the molecule is O=C(/C=C\c1cccnc1)NC(C1CNC1)C(c1ccccc1)c1ccccc1. The minimum absolute atomic E-state index is 0.00657. The molecule has 0 radical (unpaired) electrons. The van der Waals surface area contributed by atoms with Crippen molar-refractivity contribution in [2.45, 2.75) is 12.0 Å². The summed E-state index contributed by atoms with van der Waals surface area (Å²) >= 11 is 0. The van der Waals surface area contributed by atoms with Crippen molar-refractivity contribution < 1.29 is 4.79 Å². The van der Waals surface area contributed by atoms with Crippen molar-refractivity contribution in [2.75, 3.05) is 13.1 Å². The minimum Gasteiger partial charge on any atom is -0.348 e. The highest BCUT2D eigenvalue weighted by molar-refractivity contribution is 5.92. The number of rotatable bonds is 7. The summed E-state index contributed by atoms with van der Waals surface area (Å²) in [5.41, 5.74) is 3.34. The highest BCUT2D eigenvalue weighted by atomic mass is 16.1. The number of nitrogens with one attached hydrogen (secondary N) is 2. The van der Waals surface area contributed by atoms with Gasteiger partial charge in [-0.15, -0.1) is 0 Å². The lowest BCUT2D eigenvalue weighted by Gasteiger charge is -2.40. The van der Waals surface area contributed by atoms with E-state index in [0.717, 1.165) is 18.7 Å². The highest BCUT2D eigenvalue weighted by Gasteiger charge is 2.35. The molecular formula is C25H25N3O. The van der Waals surface area contributed by atoms with Crippen molar-refractivity contribution in [3.8, 4) is 0 Å². The topological polar surface area (TPSA) is 54.0 Å². The molecule has 4 rings (SSSR count). The lowest BCUT2D eigenvalue weighted by atomic mass is 9.77. The number of carbonyl (C=O) groups is 1. The standard InChI is InChI=1S/C25H25N3O/c29-23(14-13-19-8-7-15-26-16-19)28-25(22-17-27-18-22)24(20-9-3-1-4-10-20)21-11-5-2-6-12-21/h1-16,22,24-25,27H,17-18H2,(H,28,29)/b14-13-. The molecule has 0 aliphatic carbocycles. The summed E-state index contributed by atoms with van der Waals surface area (Å²) in [5.74, 6) is 0.402. The molecule has 1 unspecified atom stereocenters. The van der Waals surface area contributed by atoms with Crippen LogP contribution in [0, 0.1) is 5.92 Å². The summed E-state index contributed by atoms with van der Waals surface area (Å²) in [6, 6.07) is 24.7. The minimum atomic E-state index is -0.0809. The monoisotopic (exact) mass is 383 g/mol. The normalized spacial score (nSPS) is 15.2. The number of hydrogen-bond acceptors (Lipinski definition) is 3. The molecule has 1 aromatic heterocycles. The van der Waals surface area contributed by atoms with Crippen LogP contribution < -0.4 is 10.6 Å². The summed E-state index contributed by atoms with van der Waals surface area (Å²) in [4.78, 5) is 16.9. The molecule has 1 fully saturated rings. The number of hydrogen-bond donors (Lipinski definition) is 2. The van der Waals surface area contributed by atoms with Crippen LogP contribution in [0.1, 0.15) is 22.6 Å². The highest BCUT2D eigenvalue weighted by Crippen LogP contribution is 2.32. The van der Waals surface area contributed by atoms with Gasteiger partial charge in [0, 0.05) is 49.4 Å². The smallest absolute Gasteiger partial charge is 0.244 e. The van der Waals surface area contributed by atoms with E-state index in [0.29, 0.717) is 5.92 Å². The number of benzene rings is 2. The van der Waals surface area contributed by atoms with E-state index in [9.17, 15) is 4.79 Å². The van der Waals surface area contributed by atoms with Gasteiger partial charge in [-0.25, -0.2) is 0 Å². The lowest BCUT2D eigenvalue weighted by Crippen LogP contribution is -2.56. The second-order valence-corrected chi connectivity index (χ2v) is 7.37. The fraction of sp³-hybridized carbons (Fsp3) is 0.200.